The van der Waals surface area contributed by atoms with E-state index in [1.54, 1.807) is 24.3 Å². The summed E-state index contributed by atoms with van der Waals surface area (Å²) >= 11 is 0. The maximum Gasteiger partial charge on any atom is 0.418 e. The van der Waals surface area contributed by atoms with Crippen LogP contribution in [0.1, 0.15) is 39.2 Å². The van der Waals surface area contributed by atoms with Crippen LogP contribution in [-0.4, -0.2) is 90.4 Å². The molecular formula is C31H35F3N6O2. The van der Waals surface area contributed by atoms with E-state index >= 15 is 0 Å². The molecule has 2 N–H and O–H groups in total. The molecule has 2 aromatic heterocycles. The van der Waals surface area contributed by atoms with Crippen LogP contribution in [0, 0.1) is 6.92 Å². The van der Waals surface area contributed by atoms with E-state index in [0.717, 1.165) is 42.4 Å². The molecule has 0 radical (unpaired) electrons. The summed E-state index contributed by atoms with van der Waals surface area (Å²) in [5, 5.41) is 11.2. The second kappa shape index (κ2) is 11.3. The van der Waals surface area contributed by atoms with Crippen molar-refractivity contribution in [1.82, 2.24) is 30.3 Å². The van der Waals surface area contributed by atoms with Crippen molar-refractivity contribution < 1.29 is 22.7 Å². The van der Waals surface area contributed by atoms with E-state index in [9.17, 15) is 18.0 Å². The van der Waals surface area contributed by atoms with Gasteiger partial charge in [-0.1, -0.05) is 12.1 Å². The average molecular weight is 581 g/mol. The zero-order valence-corrected chi connectivity index (χ0v) is 24.1. The highest BCUT2D eigenvalue weighted by molar-refractivity contribution is 6.11. The van der Waals surface area contributed by atoms with E-state index < -0.39 is 11.7 Å². The molecular weight excluding hydrogens is 545 g/mol. The van der Waals surface area contributed by atoms with Gasteiger partial charge < -0.3 is 15.0 Å². The van der Waals surface area contributed by atoms with Gasteiger partial charge in [0.25, 0.3) is 5.91 Å². The number of likely N-dealkylation sites (N-methyl/N-ethyl adjacent to an activating group) is 1. The highest BCUT2D eigenvalue weighted by Gasteiger charge is 2.37. The number of ether oxygens (including phenoxy) is 1. The Balaban J connectivity index is 1.50. The molecule has 2 aromatic carbocycles. The number of amides is 1. The number of aryl methyl sites for hydroxylation is 2. The zero-order valence-electron chi connectivity index (χ0n) is 24.1. The second-order valence-electron chi connectivity index (χ2n) is 11.5. The molecule has 8 nitrogen and oxygen atoms in total. The number of benzene rings is 2. The van der Waals surface area contributed by atoms with E-state index in [1.165, 1.54) is 0 Å². The van der Waals surface area contributed by atoms with Gasteiger partial charge in [0, 0.05) is 59.8 Å². The quantitative estimate of drug-likeness (QED) is 0.347. The van der Waals surface area contributed by atoms with Crippen molar-refractivity contribution in [1.29, 1.82) is 0 Å². The predicted molar refractivity (Wildman–Crippen MR) is 156 cm³/mol. The van der Waals surface area contributed by atoms with Crippen LogP contribution in [0.5, 0.6) is 0 Å². The van der Waals surface area contributed by atoms with Gasteiger partial charge in [0.1, 0.15) is 0 Å². The van der Waals surface area contributed by atoms with Crippen LogP contribution >= 0.6 is 0 Å². The van der Waals surface area contributed by atoms with E-state index in [4.69, 9.17) is 9.72 Å². The Morgan fingerprint density at radius 3 is 2.57 bits per heavy atom. The summed E-state index contributed by atoms with van der Waals surface area (Å²) in [5.74, 6) is -0.193. The smallest absolute Gasteiger partial charge is 0.379 e. The van der Waals surface area contributed by atoms with Crippen molar-refractivity contribution in [2.45, 2.75) is 38.4 Å². The number of carbonyl (C=O) groups excluding carboxylic acids is 1. The van der Waals surface area contributed by atoms with Crippen molar-refractivity contribution >= 4 is 27.7 Å². The summed E-state index contributed by atoms with van der Waals surface area (Å²) in [7, 11) is 3.87. The molecule has 1 saturated heterocycles. The third kappa shape index (κ3) is 5.36. The summed E-state index contributed by atoms with van der Waals surface area (Å²) < 4.78 is 49.0. The number of morpholine rings is 1. The molecule has 6 rings (SSSR count). The largest absolute Gasteiger partial charge is 0.418 e. The molecule has 1 fully saturated rings. The van der Waals surface area contributed by atoms with E-state index in [0.29, 0.717) is 72.3 Å². The minimum atomic E-state index is -4.60. The number of H-pyrrole nitrogens is 1. The van der Waals surface area contributed by atoms with Gasteiger partial charge in [0.2, 0.25) is 0 Å². The van der Waals surface area contributed by atoms with Gasteiger partial charge in [0.15, 0.2) is 0 Å². The standard InChI is InChI=1S/C31H35F3N6O2/c1-18-26-25(38-37-18)17-24(31(32,33)34)29-27(26)22-9-8-21(40-12-14-42-15-13-40)16-23(22)28(36-29)19-4-6-20(7-5-19)30(41)35-10-11-39(2)3/h4-7,17,21H,8-16H2,1-3H3,(H,35,41)(H,37,38). The number of fused-ring (bicyclic) bond motifs is 5. The molecule has 11 heteroatoms. The van der Waals surface area contributed by atoms with E-state index in [1.807, 2.05) is 25.9 Å². The van der Waals surface area contributed by atoms with Crippen LogP contribution in [0.15, 0.2) is 30.3 Å². The number of nitrogens with one attached hydrogen (secondary N) is 2. The Labute approximate surface area is 242 Å². The SMILES string of the molecule is Cc1[nH]nc2cc(C(F)(F)F)c3nc(-c4ccc(C(=O)NCCN(C)C)cc4)c4c(c3c12)CCC(N1CCOCC1)C4. The third-order valence-electron chi connectivity index (χ3n) is 8.47. The maximum atomic E-state index is 14.5. The number of halogens is 3. The maximum absolute atomic E-state index is 14.5. The molecule has 1 aliphatic carbocycles. The number of aromatic nitrogens is 3. The Kier molecular flexibility index (Phi) is 7.67. The first-order valence-corrected chi connectivity index (χ1v) is 14.4. The van der Waals surface area contributed by atoms with Crippen LogP contribution in [0.25, 0.3) is 33.1 Å². The number of nitrogens with zero attached hydrogens (tertiary/aromatic N) is 4. The van der Waals surface area contributed by atoms with Gasteiger partial charge in [-0.25, -0.2) is 4.98 Å². The van der Waals surface area contributed by atoms with Gasteiger partial charge in [-0.15, -0.1) is 0 Å². The highest BCUT2D eigenvalue weighted by Crippen LogP contribution is 2.44. The number of alkyl halides is 3. The van der Waals surface area contributed by atoms with Crippen LogP contribution in [0.4, 0.5) is 13.2 Å². The Hall–Kier alpha value is -3.54. The first-order valence-electron chi connectivity index (χ1n) is 14.4. The Morgan fingerprint density at radius 2 is 1.88 bits per heavy atom. The molecule has 42 heavy (non-hydrogen) atoms. The number of rotatable bonds is 6. The van der Waals surface area contributed by atoms with Gasteiger partial charge in [0.05, 0.1) is 35.5 Å². The third-order valence-corrected chi connectivity index (χ3v) is 8.47. The topological polar surface area (TPSA) is 86.4 Å². The van der Waals surface area contributed by atoms with Crippen molar-refractivity contribution in [3.8, 4) is 11.3 Å². The Bertz CT molecular complexity index is 1620. The summed E-state index contributed by atoms with van der Waals surface area (Å²) in [6, 6.07) is 8.37. The van der Waals surface area contributed by atoms with Gasteiger partial charge in [-0.05, 0) is 69.6 Å². The average Bonchev–Trinajstić information content (AvgIpc) is 3.36. The second-order valence-corrected chi connectivity index (χ2v) is 11.5. The fourth-order valence-electron chi connectivity index (χ4n) is 6.34. The molecule has 1 unspecified atom stereocenters. The fourth-order valence-corrected chi connectivity index (χ4v) is 6.34. The summed E-state index contributed by atoms with van der Waals surface area (Å²) in [6.07, 6.45) is -2.45. The monoisotopic (exact) mass is 580 g/mol. The molecule has 4 aromatic rings. The molecule has 3 heterocycles. The van der Waals surface area contributed by atoms with Gasteiger partial charge >= 0.3 is 6.18 Å². The first kappa shape index (κ1) is 28.6. The lowest BCUT2D eigenvalue weighted by Gasteiger charge is -2.38. The summed E-state index contributed by atoms with van der Waals surface area (Å²) in [6.45, 7) is 6.07. The lowest BCUT2D eigenvalue weighted by molar-refractivity contribution is -0.136. The lowest BCUT2D eigenvalue weighted by atomic mass is 9.81. The molecule has 1 atom stereocenters. The molecule has 2 aliphatic rings. The number of hydrogen-bond acceptors (Lipinski definition) is 6. The normalized spacial score (nSPS) is 18.1. The first-order chi connectivity index (χ1) is 20.1. The van der Waals surface area contributed by atoms with E-state index in [2.05, 4.69) is 20.4 Å². The van der Waals surface area contributed by atoms with Crippen molar-refractivity contribution in [3.63, 3.8) is 0 Å². The minimum Gasteiger partial charge on any atom is -0.379 e. The number of aromatic amines is 1. The van der Waals surface area contributed by atoms with Crippen molar-refractivity contribution in [2.75, 3.05) is 53.5 Å². The lowest BCUT2D eigenvalue weighted by Crippen LogP contribution is -2.46. The molecule has 0 bridgehead atoms. The van der Waals surface area contributed by atoms with Crippen LogP contribution < -0.4 is 5.32 Å². The number of pyridine rings is 1. The van der Waals surface area contributed by atoms with Crippen molar-refractivity contribution in [3.05, 3.63) is 58.3 Å². The van der Waals surface area contributed by atoms with Gasteiger partial charge in [-0.2, -0.15) is 18.3 Å². The molecule has 222 valence electrons. The molecule has 1 amide bonds. The van der Waals surface area contributed by atoms with Crippen LogP contribution in [0.2, 0.25) is 0 Å². The number of hydrogen-bond donors (Lipinski definition) is 2. The number of carbonyl (C=O) groups is 1. The molecule has 0 saturated carbocycles. The summed E-state index contributed by atoms with van der Waals surface area (Å²) in [4.78, 5) is 21.9. The fraction of sp³-hybridized carbons (Fsp3) is 0.452. The predicted octanol–water partition coefficient (Wildman–Crippen LogP) is 4.59. The molecule has 0 spiro atoms. The Morgan fingerprint density at radius 1 is 1.14 bits per heavy atom. The van der Waals surface area contributed by atoms with E-state index in [-0.39, 0.29) is 17.5 Å². The van der Waals surface area contributed by atoms with Gasteiger partial charge in [-0.3, -0.25) is 14.8 Å². The minimum absolute atomic E-state index is 0.0522. The highest BCUT2D eigenvalue weighted by atomic mass is 19.4. The van der Waals surface area contributed by atoms with Crippen LogP contribution in [-0.2, 0) is 23.8 Å². The zero-order chi connectivity index (χ0) is 29.6. The van der Waals surface area contributed by atoms with Crippen molar-refractivity contribution in [2.24, 2.45) is 0 Å². The van der Waals surface area contributed by atoms with Crippen LogP contribution in [0.3, 0.4) is 0 Å². The molecule has 1 aliphatic heterocycles. The summed E-state index contributed by atoms with van der Waals surface area (Å²) in [5.41, 5.74) is 3.78.